The zero-order valence-corrected chi connectivity index (χ0v) is 9.26. The lowest BCUT2D eigenvalue weighted by Crippen LogP contribution is -2.24. The van der Waals surface area contributed by atoms with Gasteiger partial charge in [0.15, 0.2) is 0 Å². The van der Waals surface area contributed by atoms with Crippen molar-refractivity contribution in [3.63, 3.8) is 0 Å². The molecule has 0 spiro atoms. The Hall–Kier alpha value is 1.42. The molecular weight excluding hydrogens is 220 g/mol. The van der Waals surface area contributed by atoms with E-state index in [0.717, 1.165) is 0 Å². The van der Waals surface area contributed by atoms with Crippen molar-refractivity contribution in [2.45, 2.75) is 37.7 Å². The molecule has 0 aliphatic heterocycles. The summed E-state index contributed by atoms with van der Waals surface area (Å²) in [6.45, 7) is 8.65. The number of hydrogen-bond donors (Lipinski definition) is 0. The highest BCUT2D eigenvalue weighted by atomic mass is 79.9. The monoisotopic (exact) mass is 236 g/mol. The molecule has 4 heteroatoms. The topological polar surface area (TPSA) is 9.23 Å². The Bertz CT molecular complexity index is 80.1. The van der Waals surface area contributed by atoms with Gasteiger partial charge in [-0.15, -0.1) is 0 Å². The normalized spacial score (nSPS) is 13.5. The van der Waals surface area contributed by atoms with E-state index in [0.29, 0.717) is 10.7 Å². The molecule has 0 aliphatic carbocycles. The molecule has 1 nitrogen and oxygen atoms in total. The minimum absolute atomic E-state index is 0. The molecule has 60 valence electrons. The van der Waals surface area contributed by atoms with E-state index in [9.17, 15) is 0 Å². The lowest BCUT2D eigenvalue weighted by Gasteiger charge is -2.16. The van der Waals surface area contributed by atoms with Crippen LogP contribution in [0.3, 0.4) is 0 Å². The van der Waals surface area contributed by atoms with Gasteiger partial charge in [-0.25, -0.2) is 0 Å². The summed E-state index contributed by atoms with van der Waals surface area (Å²) in [6, 6.07) is 0. The first-order chi connectivity index (χ1) is 4.04. The largest absolute Gasteiger partial charge is 0.368 e. The number of alkyl halides is 1. The fourth-order valence-corrected chi connectivity index (χ4v) is 1.48. The lowest BCUT2D eigenvalue weighted by molar-refractivity contribution is 0.0988. The average molecular weight is 237 g/mol. The van der Waals surface area contributed by atoms with Crippen LogP contribution in [0.2, 0.25) is 13.1 Å². The van der Waals surface area contributed by atoms with Gasteiger partial charge in [-0.3, -0.25) is 0 Å². The Morgan fingerprint density at radius 1 is 1.30 bits per heavy atom. The van der Waals surface area contributed by atoms with E-state index in [1.165, 1.54) is 0 Å². The predicted octanol–water partition coefficient (Wildman–Crippen LogP) is 1.24. The maximum Gasteiger partial charge on any atom is 0.316 e. The van der Waals surface area contributed by atoms with Gasteiger partial charge in [0.05, 0.1) is 19.5 Å². The SMILES string of the molecule is CC(C)OC(Br)[SiH](C)C.[MgH2]. The fraction of sp³-hybridized carbons (Fsp3) is 1.00. The van der Waals surface area contributed by atoms with E-state index in [1.807, 2.05) is 0 Å². The van der Waals surface area contributed by atoms with Crippen LogP contribution in [-0.4, -0.2) is 42.6 Å². The number of halogens is 1. The van der Waals surface area contributed by atoms with Gasteiger partial charge in [0.2, 0.25) is 0 Å². The van der Waals surface area contributed by atoms with Crippen LogP contribution in [0.4, 0.5) is 0 Å². The Kier molecular flexibility index (Phi) is 9.91. The summed E-state index contributed by atoms with van der Waals surface area (Å²) in [5, 5.41) is 0. The molecule has 0 saturated heterocycles. The smallest absolute Gasteiger partial charge is 0.316 e. The molecule has 0 aromatic heterocycles. The van der Waals surface area contributed by atoms with Gasteiger partial charge < -0.3 is 4.74 Å². The van der Waals surface area contributed by atoms with Crippen molar-refractivity contribution in [1.29, 1.82) is 0 Å². The maximum absolute atomic E-state index is 5.49. The molecule has 0 heterocycles. The molecular formula is C6H17BrMgOSi. The van der Waals surface area contributed by atoms with E-state index in [-0.39, 0.29) is 23.1 Å². The molecule has 10 heavy (non-hydrogen) atoms. The van der Waals surface area contributed by atoms with Gasteiger partial charge in [-0.05, 0) is 13.8 Å². The summed E-state index contributed by atoms with van der Waals surface area (Å²) < 4.78 is 5.83. The first kappa shape index (κ1) is 14.0. The first-order valence-electron chi connectivity index (χ1n) is 3.33. The number of ether oxygens (including phenoxy) is 1. The van der Waals surface area contributed by atoms with Crippen molar-refractivity contribution in [2.24, 2.45) is 0 Å². The van der Waals surface area contributed by atoms with Gasteiger partial charge in [0, 0.05) is 0 Å². The standard InChI is InChI=1S/C6H15BrOSi.Mg.2H/c1-5(2)8-6(7)9(3)4;;;/h5-6,9H,1-4H3;;;. The van der Waals surface area contributed by atoms with Crippen LogP contribution in [0.5, 0.6) is 0 Å². The Balaban J connectivity index is 0. The molecule has 0 bridgehead atoms. The molecule has 0 N–H and O–H groups in total. The summed E-state index contributed by atoms with van der Waals surface area (Å²) in [4.78, 5) is 0. The second-order valence-corrected chi connectivity index (χ2v) is 7.75. The minimum Gasteiger partial charge on any atom is -0.368 e. The Labute approximate surface area is 89.8 Å². The van der Waals surface area contributed by atoms with Gasteiger partial charge in [0.1, 0.15) is 0 Å². The highest BCUT2D eigenvalue weighted by Gasteiger charge is 2.11. The molecule has 0 amide bonds. The zero-order valence-electron chi connectivity index (χ0n) is 6.52. The second-order valence-electron chi connectivity index (χ2n) is 2.78. The second kappa shape index (κ2) is 7.09. The van der Waals surface area contributed by atoms with Crippen LogP contribution in [0.15, 0.2) is 0 Å². The third kappa shape index (κ3) is 7.53. The molecule has 0 fully saturated rings. The molecule has 0 saturated carbocycles. The van der Waals surface area contributed by atoms with Crippen LogP contribution in [0.25, 0.3) is 0 Å². The van der Waals surface area contributed by atoms with Gasteiger partial charge in [0.25, 0.3) is 0 Å². The van der Waals surface area contributed by atoms with E-state index in [2.05, 4.69) is 42.9 Å². The quantitative estimate of drug-likeness (QED) is 0.530. The van der Waals surface area contributed by atoms with Crippen molar-refractivity contribution in [1.82, 2.24) is 0 Å². The predicted molar refractivity (Wildman–Crippen MR) is 56.4 cm³/mol. The molecule has 0 rings (SSSR count). The molecule has 0 aromatic rings. The molecule has 0 aliphatic rings. The van der Waals surface area contributed by atoms with E-state index in [4.69, 9.17) is 4.74 Å². The number of hydrogen-bond acceptors (Lipinski definition) is 1. The Morgan fingerprint density at radius 2 is 1.70 bits per heavy atom. The van der Waals surface area contributed by atoms with Gasteiger partial charge in [-0.2, -0.15) is 0 Å². The zero-order chi connectivity index (χ0) is 7.44. The molecule has 1 unspecified atom stereocenters. The first-order valence-corrected chi connectivity index (χ1v) is 7.22. The van der Waals surface area contributed by atoms with Crippen LogP contribution in [0, 0.1) is 0 Å². The Morgan fingerprint density at radius 3 is 1.80 bits per heavy atom. The summed E-state index contributed by atoms with van der Waals surface area (Å²) in [5.74, 6) is 0. The molecule has 1 atom stereocenters. The summed E-state index contributed by atoms with van der Waals surface area (Å²) >= 11 is 3.48. The highest BCUT2D eigenvalue weighted by molar-refractivity contribution is 9.10. The van der Waals surface area contributed by atoms with Crippen molar-refractivity contribution >= 4 is 47.8 Å². The number of rotatable bonds is 3. The van der Waals surface area contributed by atoms with Gasteiger partial charge >= 0.3 is 23.1 Å². The van der Waals surface area contributed by atoms with E-state index < -0.39 is 8.80 Å². The maximum atomic E-state index is 5.49. The van der Waals surface area contributed by atoms with Crippen molar-refractivity contribution in [3.8, 4) is 0 Å². The van der Waals surface area contributed by atoms with Crippen molar-refractivity contribution in [2.75, 3.05) is 0 Å². The third-order valence-electron chi connectivity index (χ3n) is 0.926. The average Bonchev–Trinajstić information content (AvgIpc) is 1.63. The van der Waals surface area contributed by atoms with Crippen LogP contribution >= 0.6 is 15.9 Å². The molecule has 0 aromatic carbocycles. The van der Waals surface area contributed by atoms with Crippen LogP contribution in [0.1, 0.15) is 13.8 Å². The summed E-state index contributed by atoms with van der Waals surface area (Å²) in [5.41, 5.74) is 0. The fourth-order valence-electron chi connectivity index (χ4n) is 0.417. The van der Waals surface area contributed by atoms with Crippen LogP contribution < -0.4 is 0 Å². The van der Waals surface area contributed by atoms with Crippen molar-refractivity contribution in [3.05, 3.63) is 0 Å². The third-order valence-corrected chi connectivity index (χ3v) is 5.52. The summed E-state index contributed by atoms with van der Waals surface area (Å²) in [7, 11) is -0.626. The van der Waals surface area contributed by atoms with E-state index >= 15 is 0 Å². The van der Waals surface area contributed by atoms with Crippen LogP contribution in [-0.2, 0) is 4.74 Å². The summed E-state index contributed by atoms with van der Waals surface area (Å²) in [6.07, 6.45) is 0.351. The minimum atomic E-state index is -0.626. The van der Waals surface area contributed by atoms with E-state index in [1.54, 1.807) is 0 Å². The highest BCUT2D eigenvalue weighted by Crippen LogP contribution is 2.08. The van der Waals surface area contributed by atoms with Crippen molar-refractivity contribution < 1.29 is 4.74 Å². The molecule has 0 radical (unpaired) electrons. The lowest BCUT2D eigenvalue weighted by atomic mass is 10.5. The van der Waals surface area contributed by atoms with Gasteiger partial charge in [-0.1, -0.05) is 29.0 Å².